The van der Waals surface area contributed by atoms with E-state index in [-0.39, 0.29) is 0 Å². The molecule has 1 N–H and O–H groups in total. The Labute approximate surface area is 127 Å². The molecular formula is C17H16N2OS. The van der Waals surface area contributed by atoms with E-state index < -0.39 is 0 Å². The summed E-state index contributed by atoms with van der Waals surface area (Å²) in [6.45, 7) is 0.877. The lowest BCUT2D eigenvalue weighted by atomic mass is 10.1. The molecule has 2 heterocycles. The van der Waals surface area contributed by atoms with Crippen LogP contribution in [0.5, 0.6) is 0 Å². The van der Waals surface area contributed by atoms with E-state index >= 15 is 0 Å². The second-order valence-electron chi connectivity index (χ2n) is 4.82. The Morgan fingerprint density at radius 2 is 2.05 bits per heavy atom. The molecule has 0 aliphatic carbocycles. The monoisotopic (exact) mass is 296 g/mol. The highest BCUT2D eigenvalue weighted by Gasteiger charge is 2.06. The summed E-state index contributed by atoms with van der Waals surface area (Å²) in [4.78, 5) is 17.1. The van der Waals surface area contributed by atoms with Crippen LogP contribution in [-0.4, -0.2) is 17.8 Å². The third-order valence-electron chi connectivity index (χ3n) is 3.34. The number of carbonyl (C=O) groups excluding carboxylic acids is 1. The van der Waals surface area contributed by atoms with E-state index in [1.165, 1.54) is 5.56 Å². The maximum Gasteiger partial charge on any atom is 0.125 e. The van der Waals surface area contributed by atoms with E-state index in [1.54, 1.807) is 11.3 Å². The molecule has 3 nitrogen and oxygen atoms in total. The Morgan fingerprint density at radius 1 is 1.19 bits per heavy atom. The van der Waals surface area contributed by atoms with E-state index in [2.05, 4.69) is 40.6 Å². The molecule has 21 heavy (non-hydrogen) atoms. The minimum absolute atomic E-state index is 0.463. The number of rotatable bonds is 6. The van der Waals surface area contributed by atoms with Gasteiger partial charge in [0.15, 0.2) is 0 Å². The average molecular weight is 296 g/mol. The molecule has 0 aliphatic heterocycles. The van der Waals surface area contributed by atoms with Crippen molar-refractivity contribution in [2.75, 3.05) is 11.9 Å². The minimum Gasteiger partial charge on any atom is -0.384 e. The number of anilines is 1. The zero-order chi connectivity index (χ0) is 14.5. The predicted octanol–water partition coefficient (Wildman–Crippen LogP) is 3.69. The summed E-state index contributed by atoms with van der Waals surface area (Å²) in [6.07, 6.45) is 4.20. The summed E-state index contributed by atoms with van der Waals surface area (Å²) in [6, 6.07) is 14.5. The molecule has 0 amide bonds. The predicted molar refractivity (Wildman–Crippen MR) is 88.0 cm³/mol. The van der Waals surface area contributed by atoms with Crippen LogP contribution in [-0.2, 0) is 17.6 Å². The van der Waals surface area contributed by atoms with Gasteiger partial charge in [-0.15, -0.1) is 11.3 Å². The Hall–Kier alpha value is -2.20. The van der Waals surface area contributed by atoms with Crippen molar-refractivity contribution in [1.29, 1.82) is 0 Å². The van der Waals surface area contributed by atoms with Crippen LogP contribution in [0.15, 0.2) is 48.7 Å². The molecular weight excluding hydrogens is 280 g/mol. The maximum absolute atomic E-state index is 10.6. The summed E-state index contributed by atoms with van der Waals surface area (Å²) in [5.41, 5.74) is 2.41. The molecule has 106 valence electrons. The largest absolute Gasteiger partial charge is 0.384 e. The van der Waals surface area contributed by atoms with Gasteiger partial charge in [0, 0.05) is 35.1 Å². The Balaban J connectivity index is 1.73. The van der Waals surface area contributed by atoms with Gasteiger partial charge in [-0.25, -0.2) is 4.98 Å². The summed E-state index contributed by atoms with van der Waals surface area (Å²) in [5.74, 6) is 0. The highest BCUT2D eigenvalue weighted by atomic mass is 32.1. The van der Waals surface area contributed by atoms with Crippen molar-refractivity contribution in [1.82, 2.24) is 4.98 Å². The summed E-state index contributed by atoms with van der Waals surface area (Å²) < 4.78 is 0. The van der Waals surface area contributed by atoms with Gasteiger partial charge < -0.3 is 10.1 Å². The quantitative estimate of drug-likeness (QED) is 0.705. The standard InChI is InChI=1S/C17H16N2OS/c20-11-8-14-12-15-16(7-10-19-17(15)21-14)18-9-6-13-4-2-1-3-5-13/h1-5,7,10-12H,6,8-9H2,(H,18,19). The molecule has 1 aromatic carbocycles. The number of fused-ring (bicyclic) bond motifs is 1. The van der Waals surface area contributed by atoms with E-state index in [9.17, 15) is 4.79 Å². The molecule has 0 saturated carbocycles. The van der Waals surface area contributed by atoms with Crippen LogP contribution < -0.4 is 5.32 Å². The van der Waals surface area contributed by atoms with Crippen molar-refractivity contribution in [3.63, 3.8) is 0 Å². The van der Waals surface area contributed by atoms with E-state index in [0.717, 1.165) is 40.0 Å². The Bertz CT molecular complexity index is 737. The molecule has 0 radical (unpaired) electrons. The zero-order valence-electron chi connectivity index (χ0n) is 11.6. The molecule has 2 aromatic heterocycles. The Morgan fingerprint density at radius 3 is 2.86 bits per heavy atom. The Kier molecular flexibility index (Phi) is 4.26. The van der Waals surface area contributed by atoms with Crippen LogP contribution in [0.1, 0.15) is 10.4 Å². The second-order valence-corrected chi connectivity index (χ2v) is 5.94. The number of aldehydes is 1. The fraction of sp³-hybridized carbons (Fsp3) is 0.176. The molecule has 0 bridgehead atoms. The van der Waals surface area contributed by atoms with Crippen molar-refractivity contribution in [2.45, 2.75) is 12.8 Å². The number of hydrogen-bond donors (Lipinski definition) is 1. The van der Waals surface area contributed by atoms with Crippen LogP contribution >= 0.6 is 11.3 Å². The first-order chi connectivity index (χ1) is 10.4. The van der Waals surface area contributed by atoms with Crippen LogP contribution in [0.3, 0.4) is 0 Å². The maximum atomic E-state index is 10.6. The van der Waals surface area contributed by atoms with Gasteiger partial charge in [0.25, 0.3) is 0 Å². The van der Waals surface area contributed by atoms with Gasteiger partial charge in [0.2, 0.25) is 0 Å². The summed E-state index contributed by atoms with van der Waals surface area (Å²) >= 11 is 1.58. The van der Waals surface area contributed by atoms with Gasteiger partial charge in [-0.1, -0.05) is 30.3 Å². The molecule has 3 rings (SSSR count). The van der Waals surface area contributed by atoms with Gasteiger partial charge in [-0.3, -0.25) is 0 Å². The lowest BCUT2D eigenvalue weighted by Crippen LogP contribution is -2.04. The molecule has 3 aromatic rings. The lowest BCUT2D eigenvalue weighted by molar-refractivity contribution is -0.107. The second kappa shape index (κ2) is 6.50. The number of hydrogen-bond acceptors (Lipinski definition) is 4. The SMILES string of the molecule is O=CCc1cc2c(NCCc3ccccc3)ccnc2s1. The topological polar surface area (TPSA) is 42.0 Å². The minimum atomic E-state index is 0.463. The van der Waals surface area contributed by atoms with Crippen molar-refractivity contribution < 1.29 is 4.79 Å². The molecule has 0 spiro atoms. The number of thiophene rings is 1. The van der Waals surface area contributed by atoms with Gasteiger partial charge >= 0.3 is 0 Å². The molecule has 0 fully saturated rings. The first-order valence-electron chi connectivity index (χ1n) is 6.95. The fourth-order valence-corrected chi connectivity index (χ4v) is 3.28. The summed E-state index contributed by atoms with van der Waals surface area (Å²) in [7, 11) is 0. The van der Waals surface area contributed by atoms with Crippen LogP contribution in [0.25, 0.3) is 10.2 Å². The third kappa shape index (κ3) is 3.28. The number of carbonyl (C=O) groups is 1. The van der Waals surface area contributed by atoms with Gasteiger partial charge in [0.05, 0.1) is 0 Å². The molecule has 0 atom stereocenters. The van der Waals surface area contributed by atoms with Crippen molar-refractivity contribution in [3.8, 4) is 0 Å². The van der Waals surface area contributed by atoms with Gasteiger partial charge in [0.1, 0.15) is 11.1 Å². The molecule has 4 heteroatoms. The first kappa shape index (κ1) is 13.8. The number of aromatic nitrogens is 1. The van der Waals surface area contributed by atoms with Crippen molar-refractivity contribution in [2.24, 2.45) is 0 Å². The van der Waals surface area contributed by atoms with Crippen molar-refractivity contribution >= 4 is 33.5 Å². The van der Waals surface area contributed by atoms with E-state index in [4.69, 9.17) is 0 Å². The normalized spacial score (nSPS) is 10.7. The number of nitrogens with one attached hydrogen (secondary N) is 1. The lowest BCUT2D eigenvalue weighted by Gasteiger charge is -2.07. The average Bonchev–Trinajstić information content (AvgIpc) is 2.92. The van der Waals surface area contributed by atoms with Crippen molar-refractivity contribution in [3.05, 3.63) is 59.1 Å². The third-order valence-corrected chi connectivity index (χ3v) is 4.41. The van der Waals surface area contributed by atoms with Gasteiger partial charge in [-0.05, 0) is 24.1 Å². The van der Waals surface area contributed by atoms with Crippen LogP contribution in [0.2, 0.25) is 0 Å². The number of nitrogens with zero attached hydrogens (tertiary/aromatic N) is 1. The highest BCUT2D eigenvalue weighted by Crippen LogP contribution is 2.29. The highest BCUT2D eigenvalue weighted by molar-refractivity contribution is 7.18. The number of pyridine rings is 1. The van der Waals surface area contributed by atoms with Crippen LogP contribution in [0.4, 0.5) is 5.69 Å². The molecule has 0 aliphatic rings. The number of benzene rings is 1. The van der Waals surface area contributed by atoms with Crippen LogP contribution in [0, 0.1) is 0 Å². The zero-order valence-corrected chi connectivity index (χ0v) is 12.4. The summed E-state index contributed by atoms with van der Waals surface area (Å²) in [5, 5.41) is 4.57. The molecule has 0 unspecified atom stereocenters. The first-order valence-corrected chi connectivity index (χ1v) is 7.77. The fourth-order valence-electron chi connectivity index (χ4n) is 2.31. The van der Waals surface area contributed by atoms with Gasteiger partial charge in [-0.2, -0.15) is 0 Å². The smallest absolute Gasteiger partial charge is 0.125 e. The van der Waals surface area contributed by atoms with E-state index in [1.807, 2.05) is 18.3 Å². The van der Waals surface area contributed by atoms with E-state index in [0.29, 0.717) is 6.42 Å². The molecule has 0 saturated heterocycles.